The summed E-state index contributed by atoms with van der Waals surface area (Å²) in [6.07, 6.45) is 0. The van der Waals surface area contributed by atoms with E-state index < -0.39 is 5.91 Å². The Balaban J connectivity index is 2.00. The highest BCUT2D eigenvalue weighted by Gasteiger charge is 2.12. The second kappa shape index (κ2) is 5.23. The van der Waals surface area contributed by atoms with Crippen molar-refractivity contribution in [2.75, 3.05) is 0 Å². The van der Waals surface area contributed by atoms with E-state index >= 15 is 0 Å². The Morgan fingerprint density at radius 2 is 2.39 bits per heavy atom. The number of carbonyl (C=O) groups excluding carboxylic acids is 1. The first-order valence-corrected chi connectivity index (χ1v) is 6.18. The number of thioether (sulfide) groups is 1. The molecular formula is C10H13N5O2S. The lowest BCUT2D eigenvalue weighted by molar-refractivity contribution is 0.0944. The van der Waals surface area contributed by atoms with Gasteiger partial charge in [-0.05, 0) is 13.0 Å². The number of hydrogen-bond donors (Lipinski definition) is 2. The Morgan fingerprint density at radius 3 is 3.00 bits per heavy atom. The quantitative estimate of drug-likeness (QED) is 0.364. The molecule has 0 radical (unpaired) electrons. The van der Waals surface area contributed by atoms with Gasteiger partial charge in [0.25, 0.3) is 5.91 Å². The van der Waals surface area contributed by atoms with Gasteiger partial charge >= 0.3 is 0 Å². The van der Waals surface area contributed by atoms with Crippen molar-refractivity contribution in [1.82, 2.24) is 20.4 Å². The number of amides is 1. The van der Waals surface area contributed by atoms with Gasteiger partial charge in [0.15, 0.2) is 5.69 Å². The van der Waals surface area contributed by atoms with E-state index in [1.54, 1.807) is 22.5 Å². The van der Waals surface area contributed by atoms with Crippen LogP contribution in [0, 0.1) is 6.92 Å². The molecule has 0 aliphatic carbocycles. The summed E-state index contributed by atoms with van der Waals surface area (Å²) in [4.78, 5) is 11.2. The van der Waals surface area contributed by atoms with E-state index in [1.165, 1.54) is 0 Å². The molecule has 0 atom stereocenters. The number of rotatable bonds is 4. The molecular weight excluding hydrogens is 254 g/mol. The molecule has 0 saturated carbocycles. The minimum absolute atomic E-state index is 0.175. The average molecular weight is 267 g/mol. The lowest BCUT2D eigenvalue weighted by Crippen LogP contribution is -2.30. The largest absolute Gasteiger partial charge is 0.360 e. The molecule has 0 unspecified atom stereocenters. The summed E-state index contributed by atoms with van der Waals surface area (Å²) in [5, 5.41) is 8.89. The number of nitrogens with one attached hydrogen (secondary N) is 1. The molecule has 0 aliphatic rings. The van der Waals surface area contributed by atoms with Crippen LogP contribution in [-0.2, 0) is 12.8 Å². The van der Waals surface area contributed by atoms with Crippen LogP contribution in [-0.4, -0.2) is 20.8 Å². The zero-order valence-electron chi connectivity index (χ0n) is 10.0. The third-order valence-corrected chi connectivity index (χ3v) is 3.35. The van der Waals surface area contributed by atoms with Crippen molar-refractivity contribution < 1.29 is 9.32 Å². The topological polar surface area (TPSA) is 99.0 Å². The van der Waals surface area contributed by atoms with Gasteiger partial charge in [-0.2, -0.15) is 5.10 Å². The molecule has 18 heavy (non-hydrogen) atoms. The summed E-state index contributed by atoms with van der Waals surface area (Å²) in [6.45, 7) is 1.93. The highest BCUT2D eigenvalue weighted by Crippen LogP contribution is 2.23. The summed E-state index contributed by atoms with van der Waals surface area (Å²) < 4.78 is 6.83. The van der Waals surface area contributed by atoms with E-state index in [9.17, 15) is 4.79 Å². The van der Waals surface area contributed by atoms with E-state index in [1.807, 2.05) is 25.5 Å². The third kappa shape index (κ3) is 2.71. The number of nitrogens with two attached hydrogens (primary N) is 1. The fourth-order valence-corrected chi connectivity index (χ4v) is 2.34. The first-order valence-electron chi connectivity index (χ1n) is 5.20. The van der Waals surface area contributed by atoms with E-state index in [2.05, 4.69) is 10.3 Å². The molecule has 0 aliphatic heterocycles. The highest BCUT2D eigenvalue weighted by molar-refractivity contribution is 7.98. The first kappa shape index (κ1) is 12.7. The molecule has 0 bridgehead atoms. The van der Waals surface area contributed by atoms with Gasteiger partial charge in [0.2, 0.25) is 0 Å². The van der Waals surface area contributed by atoms with Crippen LogP contribution in [0.15, 0.2) is 21.7 Å². The maximum Gasteiger partial charge on any atom is 0.287 e. The summed E-state index contributed by atoms with van der Waals surface area (Å²) in [5.41, 5.74) is 3.13. The van der Waals surface area contributed by atoms with Crippen LogP contribution in [0.4, 0.5) is 0 Å². The van der Waals surface area contributed by atoms with Crippen molar-refractivity contribution in [2.45, 2.75) is 17.7 Å². The van der Waals surface area contributed by atoms with E-state index in [-0.39, 0.29) is 5.69 Å². The van der Waals surface area contributed by atoms with Crippen molar-refractivity contribution in [2.24, 2.45) is 12.9 Å². The Labute approximate surface area is 108 Å². The normalized spacial score (nSPS) is 10.6. The molecule has 7 nitrogen and oxygen atoms in total. The first-order chi connectivity index (χ1) is 8.60. The lowest BCUT2D eigenvalue weighted by Gasteiger charge is -1.97. The van der Waals surface area contributed by atoms with Gasteiger partial charge in [-0.15, -0.1) is 0 Å². The number of aromatic nitrogens is 3. The number of nitrogens with zero attached hydrogens (tertiary/aromatic N) is 3. The summed E-state index contributed by atoms with van der Waals surface area (Å²) in [6, 6.07) is 3.55. The van der Waals surface area contributed by atoms with Crippen LogP contribution in [0.2, 0.25) is 0 Å². The molecule has 0 aromatic carbocycles. The fraction of sp³-hybridized carbons (Fsp3) is 0.300. The fourth-order valence-electron chi connectivity index (χ4n) is 1.43. The third-order valence-electron chi connectivity index (χ3n) is 2.24. The van der Waals surface area contributed by atoms with Gasteiger partial charge in [-0.1, -0.05) is 16.9 Å². The number of nitrogen functional groups attached to an aromatic ring is 1. The molecule has 0 saturated heterocycles. The maximum absolute atomic E-state index is 11.2. The summed E-state index contributed by atoms with van der Waals surface area (Å²) >= 11 is 1.56. The Kier molecular flexibility index (Phi) is 3.68. The molecule has 2 heterocycles. The summed E-state index contributed by atoms with van der Waals surface area (Å²) in [5.74, 6) is 5.72. The number of hydrazine groups is 1. The monoisotopic (exact) mass is 267 g/mol. The second-order valence-electron chi connectivity index (χ2n) is 3.69. The lowest BCUT2D eigenvalue weighted by atomic mass is 10.4. The Morgan fingerprint density at radius 1 is 1.61 bits per heavy atom. The molecule has 96 valence electrons. The Hall–Kier alpha value is -1.80. The molecule has 0 spiro atoms. The van der Waals surface area contributed by atoms with Gasteiger partial charge in [-0.3, -0.25) is 14.9 Å². The van der Waals surface area contributed by atoms with Crippen LogP contribution in [0.1, 0.15) is 21.9 Å². The van der Waals surface area contributed by atoms with Crippen LogP contribution >= 0.6 is 11.8 Å². The predicted octanol–water partition coefficient (Wildman–Crippen LogP) is 0.612. The summed E-state index contributed by atoms with van der Waals surface area (Å²) in [7, 11) is 1.88. The van der Waals surface area contributed by atoms with E-state index in [4.69, 9.17) is 10.4 Å². The molecule has 2 rings (SSSR count). The van der Waals surface area contributed by atoms with Gasteiger partial charge in [-0.25, -0.2) is 5.84 Å². The second-order valence-corrected chi connectivity index (χ2v) is 4.68. The highest BCUT2D eigenvalue weighted by atomic mass is 32.2. The van der Waals surface area contributed by atoms with Crippen molar-refractivity contribution in [3.8, 4) is 0 Å². The van der Waals surface area contributed by atoms with E-state index in [0.29, 0.717) is 11.5 Å². The van der Waals surface area contributed by atoms with Crippen molar-refractivity contribution in [3.05, 3.63) is 29.3 Å². The van der Waals surface area contributed by atoms with Crippen LogP contribution in [0.3, 0.4) is 0 Å². The number of hydrogen-bond acceptors (Lipinski definition) is 6. The zero-order chi connectivity index (χ0) is 13.1. The SMILES string of the molecule is Cc1cc(SCc2cc(C(=O)NN)no2)n(C)n1. The zero-order valence-corrected chi connectivity index (χ0v) is 10.8. The number of carbonyl (C=O) groups is 1. The number of aryl methyl sites for hydroxylation is 2. The van der Waals surface area contributed by atoms with Gasteiger partial charge in [0, 0.05) is 13.1 Å². The maximum atomic E-state index is 11.2. The van der Waals surface area contributed by atoms with Gasteiger partial charge < -0.3 is 4.52 Å². The predicted molar refractivity (Wildman–Crippen MR) is 65.7 cm³/mol. The molecule has 3 N–H and O–H groups in total. The van der Waals surface area contributed by atoms with Gasteiger partial charge in [0.1, 0.15) is 5.76 Å². The van der Waals surface area contributed by atoms with E-state index in [0.717, 1.165) is 10.7 Å². The molecule has 1 amide bonds. The van der Waals surface area contributed by atoms with Crippen molar-refractivity contribution in [1.29, 1.82) is 0 Å². The molecule has 0 fully saturated rings. The van der Waals surface area contributed by atoms with Gasteiger partial charge in [0.05, 0.1) is 16.5 Å². The molecule has 2 aromatic rings. The van der Waals surface area contributed by atoms with Crippen molar-refractivity contribution >= 4 is 17.7 Å². The minimum Gasteiger partial charge on any atom is -0.360 e. The molecule has 2 aromatic heterocycles. The average Bonchev–Trinajstić information content (AvgIpc) is 2.92. The molecule has 8 heteroatoms. The Bertz CT molecular complexity index is 562. The van der Waals surface area contributed by atoms with Crippen LogP contribution < -0.4 is 11.3 Å². The van der Waals surface area contributed by atoms with Crippen LogP contribution in [0.25, 0.3) is 0 Å². The van der Waals surface area contributed by atoms with Crippen LogP contribution in [0.5, 0.6) is 0 Å². The van der Waals surface area contributed by atoms with Crippen molar-refractivity contribution in [3.63, 3.8) is 0 Å². The smallest absolute Gasteiger partial charge is 0.287 e. The minimum atomic E-state index is -0.466. The standard InChI is InChI=1S/C10H13N5O2S/c1-6-3-9(15(2)13-6)18-5-7-4-8(14-17-7)10(16)12-11/h3-4H,5,11H2,1-2H3,(H,12,16).